The summed E-state index contributed by atoms with van der Waals surface area (Å²) in [5.74, 6) is -2.45. The van der Waals surface area contributed by atoms with Crippen LogP contribution in [0.25, 0.3) is 11.0 Å². The van der Waals surface area contributed by atoms with E-state index in [0.717, 1.165) is 17.5 Å². The average Bonchev–Trinajstić information content (AvgIpc) is 3.60. The molecule has 11 nitrogen and oxygen atoms in total. The van der Waals surface area contributed by atoms with Crippen molar-refractivity contribution < 1.29 is 29.0 Å². The van der Waals surface area contributed by atoms with Gasteiger partial charge in [-0.3, -0.25) is 14.4 Å². The van der Waals surface area contributed by atoms with Crippen LogP contribution >= 0.6 is 0 Å². The van der Waals surface area contributed by atoms with Gasteiger partial charge in [-0.2, -0.15) is 0 Å². The first-order valence-corrected chi connectivity index (χ1v) is 12.3. The number of ether oxygens (including phenoxy) is 2. The molecule has 3 aliphatic heterocycles. The van der Waals surface area contributed by atoms with Crippen molar-refractivity contribution >= 4 is 28.8 Å². The van der Waals surface area contributed by atoms with Gasteiger partial charge >= 0.3 is 5.97 Å². The molecule has 35 heavy (non-hydrogen) atoms. The van der Waals surface area contributed by atoms with E-state index in [4.69, 9.17) is 14.6 Å². The van der Waals surface area contributed by atoms with Crippen LogP contribution in [0.1, 0.15) is 39.0 Å². The predicted molar refractivity (Wildman–Crippen MR) is 123 cm³/mol. The molecule has 0 saturated carbocycles. The van der Waals surface area contributed by atoms with Crippen LogP contribution in [0.3, 0.4) is 0 Å². The number of hydrogen-bond donors (Lipinski definition) is 2. The fraction of sp³-hybridized carbons (Fsp3) is 0.625. The lowest BCUT2D eigenvalue weighted by molar-refractivity contribution is -0.154. The van der Waals surface area contributed by atoms with Gasteiger partial charge in [0.15, 0.2) is 0 Å². The van der Waals surface area contributed by atoms with E-state index in [9.17, 15) is 14.4 Å². The maximum Gasteiger partial charge on any atom is 0.312 e. The molecule has 5 rings (SSSR count). The lowest BCUT2D eigenvalue weighted by Crippen LogP contribution is -2.55. The summed E-state index contributed by atoms with van der Waals surface area (Å²) in [6.45, 7) is 2.47. The van der Waals surface area contributed by atoms with Crippen LogP contribution in [-0.2, 0) is 30.5 Å². The molecule has 2 aromatic rings. The molecular formula is C24H31N5O6. The number of carbonyl (C=O) groups excluding carboxylic acids is 3. The monoisotopic (exact) mass is 485 g/mol. The minimum Gasteiger partial charge on any atom is -0.466 e. The number of rotatable bonds is 10. The largest absolute Gasteiger partial charge is 0.466 e. The van der Waals surface area contributed by atoms with E-state index in [-0.39, 0.29) is 31.7 Å². The maximum atomic E-state index is 13.7. The number of nitrogens with one attached hydrogen (secondary N) is 1. The summed E-state index contributed by atoms with van der Waals surface area (Å²) < 4.78 is 13.2. The first-order chi connectivity index (χ1) is 17.0. The van der Waals surface area contributed by atoms with Gasteiger partial charge in [-0.05, 0) is 51.2 Å². The number of carbonyl (C=O) groups is 3. The zero-order chi connectivity index (χ0) is 24.6. The summed E-state index contributed by atoms with van der Waals surface area (Å²) in [5, 5.41) is 20.3. The summed E-state index contributed by atoms with van der Waals surface area (Å²) in [5.41, 5.74) is 0.453. The number of esters is 1. The quantitative estimate of drug-likeness (QED) is 0.369. The molecule has 1 aromatic carbocycles. The van der Waals surface area contributed by atoms with E-state index >= 15 is 0 Å². The van der Waals surface area contributed by atoms with Gasteiger partial charge in [0.05, 0.1) is 30.1 Å². The maximum absolute atomic E-state index is 13.7. The molecule has 2 amide bonds. The van der Waals surface area contributed by atoms with Crippen molar-refractivity contribution in [3.8, 4) is 0 Å². The highest BCUT2D eigenvalue weighted by molar-refractivity contribution is 5.98. The van der Waals surface area contributed by atoms with Crippen LogP contribution in [0, 0.1) is 11.8 Å². The Morgan fingerprint density at radius 1 is 1.29 bits per heavy atom. The minimum absolute atomic E-state index is 0.0754. The van der Waals surface area contributed by atoms with Crippen molar-refractivity contribution in [1.82, 2.24) is 25.2 Å². The molecule has 2 N–H and O–H groups in total. The third kappa shape index (κ3) is 3.86. The minimum atomic E-state index is -1.05. The zero-order valence-electron chi connectivity index (χ0n) is 19.8. The summed E-state index contributed by atoms with van der Waals surface area (Å²) in [4.78, 5) is 41.7. The van der Waals surface area contributed by atoms with Gasteiger partial charge in [0.2, 0.25) is 11.8 Å². The molecule has 11 heteroatoms. The van der Waals surface area contributed by atoms with Crippen molar-refractivity contribution in [3.05, 3.63) is 24.3 Å². The summed E-state index contributed by atoms with van der Waals surface area (Å²) in [6, 6.07) is 6.60. The normalized spacial score (nSPS) is 29.1. The fourth-order valence-corrected chi connectivity index (χ4v) is 6.05. The highest BCUT2D eigenvalue weighted by atomic mass is 16.6. The van der Waals surface area contributed by atoms with E-state index in [0.29, 0.717) is 32.2 Å². The number of unbranched alkanes of at least 4 members (excludes halogenated alkanes) is 2. The van der Waals surface area contributed by atoms with Crippen molar-refractivity contribution in [2.75, 3.05) is 19.8 Å². The Balaban J connectivity index is 1.40. The zero-order valence-corrected chi connectivity index (χ0v) is 19.8. The molecular weight excluding hydrogens is 454 g/mol. The Bertz CT molecular complexity index is 1120. The highest BCUT2D eigenvalue weighted by Crippen LogP contribution is 2.58. The van der Waals surface area contributed by atoms with E-state index in [1.807, 2.05) is 24.3 Å². The van der Waals surface area contributed by atoms with Crippen molar-refractivity contribution in [3.63, 3.8) is 0 Å². The summed E-state index contributed by atoms with van der Waals surface area (Å²) in [6.07, 6.45) is 2.69. The molecule has 0 radical (unpaired) electrons. The lowest BCUT2D eigenvalue weighted by Gasteiger charge is -2.33. The lowest BCUT2D eigenvalue weighted by atomic mass is 9.71. The number of fused-ring (bicyclic) bond motifs is 2. The van der Waals surface area contributed by atoms with Crippen LogP contribution in [0.4, 0.5) is 0 Å². The van der Waals surface area contributed by atoms with Gasteiger partial charge in [-0.1, -0.05) is 17.3 Å². The molecule has 2 unspecified atom stereocenters. The number of para-hydroxylation sites is 1. The number of aromatic nitrogens is 3. The SMILES string of the molecule is CCOC(=O)[C@@H]1[C@@H]2CCC3(O2)C(C(=O)NCn2nnc4ccccc42)N(CCCCCO)C(=O)[C@H]13. The fourth-order valence-electron chi connectivity index (χ4n) is 6.05. The summed E-state index contributed by atoms with van der Waals surface area (Å²) >= 11 is 0. The van der Waals surface area contributed by atoms with Crippen LogP contribution in [0.2, 0.25) is 0 Å². The van der Waals surface area contributed by atoms with Gasteiger partial charge < -0.3 is 24.8 Å². The van der Waals surface area contributed by atoms with E-state index < -0.39 is 35.6 Å². The van der Waals surface area contributed by atoms with E-state index in [1.54, 1.807) is 16.5 Å². The van der Waals surface area contributed by atoms with Gasteiger partial charge in [0, 0.05) is 13.2 Å². The standard InChI is InChI=1S/C24H31N5O6/c1-2-34-23(33)18-17-10-11-24(35-17)19(18)22(32)28(12-6-3-7-13-30)20(24)21(31)25-14-29-16-9-5-4-8-15(16)26-27-29/h4-5,8-9,17-20,30H,2-3,6-7,10-14H2,1H3,(H,25,31)/t17-,18+,19-,20?,24?/m0/s1. The molecule has 3 fully saturated rings. The Morgan fingerprint density at radius 3 is 2.91 bits per heavy atom. The molecule has 0 aliphatic carbocycles. The third-order valence-electron chi connectivity index (χ3n) is 7.49. The number of aliphatic hydroxyl groups is 1. The second kappa shape index (κ2) is 9.54. The average molecular weight is 486 g/mol. The van der Waals surface area contributed by atoms with E-state index in [1.165, 1.54) is 0 Å². The molecule has 188 valence electrons. The van der Waals surface area contributed by atoms with Gasteiger partial charge in [-0.15, -0.1) is 5.10 Å². The molecule has 2 bridgehead atoms. The second-order valence-electron chi connectivity index (χ2n) is 9.40. The van der Waals surface area contributed by atoms with Crippen molar-refractivity contribution in [1.29, 1.82) is 0 Å². The van der Waals surface area contributed by atoms with Gasteiger partial charge in [0.25, 0.3) is 0 Å². The van der Waals surface area contributed by atoms with Crippen LogP contribution in [0.15, 0.2) is 24.3 Å². The number of hydrogen-bond acceptors (Lipinski definition) is 8. The number of benzene rings is 1. The van der Waals surface area contributed by atoms with Crippen LogP contribution in [0.5, 0.6) is 0 Å². The van der Waals surface area contributed by atoms with Crippen LogP contribution in [-0.4, -0.2) is 80.3 Å². The first kappa shape index (κ1) is 23.7. The van der Waals surface area contributed by atoms with Crippen molar-refractivity contribution in [2.24, 2.45) is 11.8 Å². The molecule has 5 atom stereocenters. The Labute approximate surface area is 202 Å². The number of amides is 2. The molecule has 1 spiro atoms. The molecule has 4 heterocycles. The number of aliphatic hydroxyl groups excluding tert-OH is 1. The first-order valence-electron chi connectivity index (χ1n) is 12.3. The summed E-state index contributed by atoms with van der Waals surface area (Å²) in [7, 11) is 0. The van der Waals surface area contributed by atoms with Crippen LogP contribution < -0.4 is 5.32 Å². The third-order valence-corrected chi connectivity index (χ3v) is 7.49. The predicted octanol–water partition coefficient (Wildman–Crippen LogP) is 0.605. The Morgan fingerprint density at radius 2 is 2.11 bits per heavy atom. The van der Waals surface area contributed by atoms with Gasteiger partial charge in [0.1, 0.15) is 23.8 Å². The Kier molecular flexibility index (Phi) is 6.45. The molecule has 3 saturated heterocycles. The molecule has 3 aliphatic rings. The topological polar surface area (TPSA) is 136 Å². The van der Waals surface area contributed by atoms with Crippen molar-refractivity contribution in [2.45, 2.75) is 63.4 Å². The number of likely N-dealkylation sites (tertiary alicyclic amines) is 1. The second-order valence-corrected chi connectivity index (χ2v) is 9.40. The van der Waals surface area contributed by atoms with E-state index in [2.05, 4.69) is 15.6 Å². The van der Waals surface area contributed by atoms with Gasteiger partial charge in [-0.25, -0.2) is 4.68 Å². The molecule has 1 aromatic heterocycles. The Hall–Kier alpha value is -3.05. The number of nitrogens with zero attached hydrogens (tertiary/aromatic N) is 4. The smallest absolute Gasteiger partial charge is 0.312 e. The highest BCUT2D eigenvalue weighted by Gasteiger charge is 2.74.